The molecule has 0 saturated carbocycles. The number of amidine groups is 1. The van der Waals surface area contributed by atoms with Crippen molar-refractivity contribution in [3.63, 3.8) is 0 Å². The molecular formula is C22H24BrFN8O4. The van der Waals surface area contributed by atoms with Crippen molar-refractivity contribution in [1.82, 2.24) is 21.1 Å². The molecular weight excluding hydrogens is 539 g/mol. The van der Waals surface area contributed by atoms with Crippen molar-refractivity contribution < 1.29 is 23.8 Å². The molecule has 0 unspecified atom stereocenters. The van der Waals surface area contributed by atoms with Gasteiger partial charge in [0.1, 0.15) is 11.6 Å². The van der Waals surface area contributed by atoms with Crippen molar-refractivity contribution in [2.24, 2.45) is 15.7 Å². The van der Waals surface area contributed by atoms with Crippen LogP contribution in [0.2, 0.25) is 0 Å². The third-order valence-corrected chi connectivity index (χ3v) is 5.27. The number of anilines is 1. The summed E-state index contributed by atoms with van der Waals surface area (Å²) in [7, 11) is 1.57. The van der Waals surface area contributed by atoms with Crippen molar-refractivity contribution in [1.29, 1.82) is 0 Å². The quantitative estimate of drug-likeness (QED) is 0.108. The highest BCUT2D eigenvalue weighted by atomic mass is 79.9. The fourth-order valence-electron chi connectivity index (χ4n) is 2.92. The van der Waals surface area contributed by atoms with E-state index in [-0.39, 0.29) is 40.1 Å². The first-order chi connectivity index (χ1) is 17.4. The number of methoxy groups -OCH3 is 1. The number of hydroxylamine groups is 1. The van der Waals surface area contributed by atoms with E-state index >= 15 is 0 Å². The fraction of sp³-hybridized carbons (Fsp3) is 0.227. The Morgan fingerprint density at radius 1 is 1.25 bits per heavy atom. The molecule has 1 amide bonds. The van der Waals surface area contributed by atoms with Gasteiger partial charge in [0.15, 0.2) is 17.5 Å². The van der Waals surface area contributed by atoms with Gasteiger partial charge in [-0.3, -0.25) is 25.8 Å². The topological polar surface area (TPSA) is 172 Å². The molecule has 3 rings (SSSR count). The van der Waals surface area contributed by atoms with Gasteiger partial charge in [-0.05, 0) is 68.6 Å². The number of nitrogens with one attached hydrogen (secondary N) is 3. The first-order valence-electron chi connectivity index (χ1n) is 10.6. The van der Waals surface area contributed by atoms with Crippen LogP contribution in [0, 0.1) is 5.82 Å². The van der Waals surface area contributed by atoms with Crippen LogP contribution >= 0.6 is 15.9 Å². The summed E-state index contributed by atoms with van der Waals surface area (Å²) in [5.74, 6) is 0.161. The van der Waals surface area contributed by atoms with Crippen molar-refractivity contribution in [3.05, 3.63) is 64.0 Å². The number of guanidine groups is 1. The van der Waals surface area contributed by atoms with Crippen LogP contribution in [0.3, 0.4) is 0 Å². The number of hydrogen-bond acceptors (Lipinski definition) is 9. The van der Waals surface area contributed by atoms with E-state index in [1.165, 1.54) is 18.2 Å². The van der Waals surface area contributed by atoms with Gasteiger partial charge >= 0.3 is 0 Å². The smallest absolute Gasteiger partial charge is 0.231 e. The van der Waals surface area contributed by atoms with Crippen LogP contribution in [-0.2, 0) is 11.2 Å². The van der Waals surface area contributed by atoms with E-state index in [1.54, 1.807) is 31.4 Å². The molecule has 0 radical (unpaired) electrons. The molecule has 0 aliphatic carbocycles. The molecule has 0 spiro atoms. The molecule has 190 valence electrons. The largest absolute Gasteiger partial charge is 0.497 e. The summed E-state index contributed by atoms with van der Waals surface area (Å²) in [4.78, 5) is 20.4. The third-order valence-electron chi connectivity index (χ3n) is 4.66. The third kappa shape index (κ3) is 7.74. The van der Waals surface area contributed by atoms with Crippen LogP contribution in [0.5, 0.6) is 5.75 Å². The lowest BCUT2D eigenvalue weighted by Crippen LogP contribution is -2.37. The molecule has 0 fully saturated rings. The number of amides is 1. The average Bonchev–Trinajstić information content (AvgIpc) is 3.33. The molecule has 0 aliphatic rings. The van der Waals surface area contributed by atoms with Gasteiger partial charge in [-0.25, -0.2) is 14.0 Å². The minimum atomic E-state index is -0.446. The van der Waals surface area contributed by atoms with Crippen molar-refractivity contribution >= 4 is 45.1 Å². The molecule has 3 aromatic rings. The summed E-state index contributed by atoms with van der Waals surface area (Å²) >= 11 is 3.08. The number of carbonyl (C=O) groups is 1. The van der Waals surface area contributed by atoms with Crippen molar-refractivity contribution in [3.8, 4) is 5.75 Å². The SMILES string of the molecule is COc1ccc(CC(=O)NC(N)=NCCCNc2nonc2C(=Nc2ccc(F)c(Br)c2)NO)cc1. The van der Waals surface area contributed by atoms with Crippen LogP contribution in [0.1, 0.15) is 17.7 Å². The summed E-state index contributed by atoms with van der Waals surface area (Å²) in [6, 6.07) is 11.2. The van der Waals surface area contributed by atoms with Gasteiger partial charge in [0, 0.05) is 13.1 Å². The zero-order chi connectivity index (χ0) is 25.9. The van der Waals surface area contributed by atoms with E-state index in [1.807, 2.05) is 5.48 Å². The Kier molecular flexibility index (Phi) is 9.71. The first-order valence-corrected chi connectivity index (χ1v) is 11.4. The molecule has 12 nitrogen and oxygen atoms in total. The van der Waals surface area contributed by atoms with Crippen LogP contribution in [-0.4, -0.2) is 53.4 Å². The zero-order valence-corrected chi connectivity index (χ0v) is 20.7. The lowest BCUT2D eigenvalue weighted by atomic mass is 10.1. The van der Waals surface area contributed by atoms with Crippen molar-refractivity contribution in [2.75, 3.05) is 25.5 Å². The van der Waals surface area contributed by atoms with Crippen LogP contribution in [0.4, 0.5) is 15.9 Å². The Labute approximate surface area is 213 Å². The predicted molar refractivity (Wildman–Crippen MR) is 134 cm³/mol. The summed E-state index contributed by atoms with van der Waals surface area (Å²) in [6.07, 6.45) is 0.687. The van der Waals surface area contributed by atoms with Crippen LogP contribution in [0.15, 0.2) is 61.6 Å². The maximum atomic E-state index is 13.4. The lowest BCUT2D eigenvalue weighted by molar-refractivity contribution is -0.119. The van der Waals surface area contributed by atoms with Crippen LogP contribution < -0.4 is 26.6 Å². The number of nitrogens with zero attached hydrogens (tertiary/aromatic N) is 4. The second kappa shape index (κ2) is 13.2. The Morgan fingerprint density at radius 3 is 2.72 bits per heavy atom. The Bertz CT molecular complexity index is 1230. The molecule has 1 heterocycles. The summed E-state index contributed by atoms with van der Waals surface area (Å²) in [5.41, 5.74) is 9.01. The summed E-state index contributed by atoms with van der Waals surface area (Å²) in [6.45, 7) is 0.726. The maximum Gasteiger partial charge on any atom is 0.231 e. The highest BCUT2D eigenvalue weighted by Crippen LogP contribution is 2.23. The second-order valence-electron chi connectivity index (χ2n) is 7.25. The molecule has 2 aromatic carbocycles. The minimum Gasteiger partial charge on any atom is -0.497 e. The second-order valence-corrected chi connectivity index (χ2v) is 8.11. The minimum absolute atomic E-state index is 0.0154. The van der Waals surface area contributed by atoms with Gasteiger partial charge in [0.25, 0.3) is 0 Å². The van der Waals surface area contributed by atoms with E-state index in [9.17, 15) is 14.4 Å². The van der Waals surface area contributed by atoms with E-state index in [4.69, 9.17) is 15.1 Å². The van der Waals surface area contributed by atoms with Gasteiger partial charge < -0.3 is 15.8 Å². The molecule has 36 heavy (non-hydrogen) atoms. The number of benzene rings is 2. The standard InChI is InChI=1S/C22H24BrFN8O4/c1-35-15-6-3-13(4-7-15)11-18(33)29-22(25)27-10-2-9-26-20-19(31-36-32-20)21(30-34)28-14-5-8-17(24)16(23)12-14/h3-8,12,34H,2,9-11H2,1H3,(H,26,32)(H,28,30)(H3,25,27,29,33). The zero-order valence-electron chi connectivity index (χ0n) is 19.2. The number of aliphatic imine (C=N–C) groups is 2. The Morgan fingerprint density at radius 2 is 2.03 bits per heavy atom. The molecule has 0 bridgehead atoms. The molecule has 0 atom stereocenters. The van der Waals surface area contributed by atoms with Gasteiger partial charge in [0.05, 0.1) is 23.7 Å². The first kappa shape index (κ1) is 26.6. The van der Waals surface area contributed by atoms with E-state index < -0.39 is 5.82 Å². The molecule has 14 heteroatoms. The Balaban J connectivity index is 1.47. The number of carbonyl (C=O) groups excluding carboxylic acids is 1. The van der Waals surface area contributed by atoms with Gasteiger partial charge in [0.2, 0.25) is 11.7 Å². The fourth-order valence-corrected chi connectivity index (χ4v) is 3.28. The highest BCUT2D eigenvalue weighted by molar-refractivity contribution is 9.10. The number of hydrogen-bond donors (Lipinski definition) is 5. The monoisotopic (exact) mass is 562 g/mol. The van der Waals surface area contributed by atoms with E-state index in [0.717, 1.165) is 5.56 Å². The lowest BCUT2D eigenvalue weighted by Gasteiger charge is -2.07. The molecule has 0 aliphatic heterocycles. The number of halogens is 2. The number of nitrogens with two attached hydrogens (primary N) is 1. The Hall–Kier alpha value is -4.04. The maximum absolute atomic E-state index is 13.4. The number of ether oxygens (including phenoxy) is 1. The van der Waals surface area contributed by atoms with Gasteiger partial charge in [-0.2, -0.15) is 0 Å². The summed E-state index contributed by atoms with van der Waals surface area (Å²) < 4.78 is 23.5. The van der Waals surface area contributed by atoms with E-state index in [0.29, 0.717) is 30.9 Å². The predicted octanol–water partition coefficient (Wildman–Crippen LogP) is 2.51. The van der Waals surface area contributed by atoms with E-state index in [2.05, 4.69) is 46.9 Å². The van der Waals surface area contributed by atoms with Crippen molar-refractivity contribution in [2.45, 2.75) is 12.8 Å². The van der Waals surface area contributed by atoms with Crippen LogP contribution in [0.25, 0.3) is 0 Å². The number of aromatic nitrogens is 2. The normalized spacial score (nSPS) is 11.8. The summed E-state index contributed by atoms with van der Waals surface area (Å²) in [5, 5.41) is 22.5. The molecule has 6 N–H and O–H groups in total. The number of rotatable bonds is 10. The molecule has 0 saturated heterocycles. The average molecular weight is 563 g/mol. The van der Waals surface area contributed by atoms with Gasteiger partial charge in [-0.15, -0.1) is 0 Å². The molecule has 1 aromatic heterocycles. The highest BCUT2D eigenvalue weighted by Gasteiger charge is 2.16. The van der Waals surface area contributed by atoms with Gasteiger partial charge in [-0.1, -0.05) is 12.1 Å².